The molecule has 0 bridgehead atoms. The quantitative estimate of drug-likeness (QED) is 0.791. The molecule has 3 aromatic rings. The number of hydrogen-bond acceptors (Lipinski definition) is 5. The number of ether oxygens (including phenoxy) is 2. The monoisotopic (exact) mass is 342 g/mol. The minimum Gasteiger partial charge on any atom is -0.454 e. The first-order valence-corrected chi connectivity index (χ1v) is 8.30. The summed E-state index contributed by atoms with van der Waals surface area (Å²) in [6, 6.07) is 12.8. The van der Waals surface area contributed by atoms with Gasteiger partial charge in [-0.1, -0.05) is 23.5 Å². The Morgan fingerprint density at radius 3 is 2.92 bits per heavy atom. The highest BCUT2D eigenvalue weighted by Gasteiger charge is 2.14. The maximum Gasteiger partial charge on any atom is 0.308 e. The fraction of sp³-hybridized carbons (Fsp3) is 0.176. The predicted octanol–water partition coefficient (Wildman–Crippen LogP) is 2.82. The SMILES string of the molecule is O=C(CCn1c(=O)sc2ccccc21)Nc1ccc2c(c1)OCO2. The number of rotatable bonds is 4. The summed E-state index contributed by atoms with van der Waals surface area (Å²) in [5.41, 5.74) is 1.51. The third-order valence-electron chi connectivity index (χ3n) is 3.79. The fourth-order valence-corrected chi connectivity index (χ4v) is 3.55. The molecule has 1 aliphatic rings. The Morgan fingerprint density at radius 2 is 2.00 bits per heavy atom. The Hall–Kier alpha value is -2.80. The van der Waals surface area contributed by atoms with Crippen LogP contribution in [-0.2, 0) is 11.3 Å². The molecule has 6 nitrogen and oxygen atoms in total. The summed E-state index contributed by atoms with van der Waals surface area (Å²) in [4.78, 5) is 24.2. The van der Waals surface area contributed by atoms with E-state index in [4.69, 9.17) is 9.47 Å². The number of nitrogens with zero attached hydrogens (tertiary/aromatic N) is 1. The minimum atomic E-state index is -0.156. The second-order valence-corrected chi connectivity index (χ2v) is 6.35. The van der Waals surface area contributed by atoms with Crippen molar-refractivity contribution in [2.75, 3.05) is 12.1 Å². The van der Waals surface area contributed by atoms with E-state index in [1.54, 1.807) is 22.8 Å². The Bertz CT molecular complexity index is 976. The van der Waals surface area contributed by atoms with E-state index in [1.807, 2.05) is 24.3 Å². The third-order valence-corrected chi connectivity index (χ3v) is 4.75. The van der Waals surface area contributed by atoms with E-state index in [-0.39, 0.29) is 24.0 Å². The van der Waals surface area contributed by atoms with Gasteiger partial charge in [0.05, 0.1) is 10.2 Å². The zero-order valence-electron chi connectivity index (χ0n) is 12.7. The number of amides is 1. The van der Waals surface area contributed by atoms with Gasteiger partial charge in [0.15, 0.2) is 11.5 Å². The lowest BCUT2D eigenvalue weighted by Gasteiger charge is -2.07. The van der Waals surface area contributed by atoms with Crippen molar-refractivity contribution in [3.8, 4) is 11.5 Å². The van der Waals surface area contributed by atoms with E-state index in [9.17, 15) is 9.59 Å². The average Bonchev–Trinajstić information content (AvgIpc) is 3.16. The molecule has 0 fully saturated rings. The number of carbonyl (C=O) groups is 1. The van der Waals surface area contributed by atoms with Gasteiger partial charge in [-0.15, -0.1) is 0 Å². The Labute approximate surface area is 141 Å². The molecule has 4 rings (SSSR count). The molecule has 1 N–H and O–H groups in total. The Balaban J connectivity index is 1.45. The van der Waals surface area contributed by atoms with Crippen LogP contribution >= 0.6 is 11.3 Å². The molecule has 2 aromatic carbocycles. The van der Waals surface area contributed by atoms with Crippen molar-refractivity contribution < 1.29 is 14.3 Å². The molecule has 1 aliphatic heterocycles. The van der Waals surface area contributed by atoms with E-state index >= 15 is 0 Å². The zero-order chi connectivity index (χ0) is 16.5. The molecule has 0 spiro atoms. The first-order chi connectivity index (χ1) is 11.7. The molecule has 24 heavy (non-hydrogen) atoms. The highest BCUT2D eigenvalue weighted by Crippen LogP contribution is 2.34. The van der Waals surface area contributed by atoms with Gasteiger partial charge < -0.3 is 14.8 Å². The molecule has 0 saturated carbocycles. The number of thiazole rings is 1. The molecule has 0 aliphatic carbocycles. The molecule has 0 unspecified atom stereocenters. The number of aromatic nitrogens is 1. The lowest BCUT2D eigenvalue weighted by molar-refractivity contribution is -0.116. The summed E-state index contributed by atoms with van der Waals surface area (Å²) >= 11 is 1.19. The van der Waals surface area contributed by atoms with Gasteiger partial charge in [-0.05, 0) is 24.3 Å². The van der Waals surface area contributed by atoms with Gasteiger partial charge in [-0.3, -0.25) is 14.2 Å². The van der Waals surface area contributed by atoms with Gasteiger partial charge in [0.2, 0.25) is 12.7 Å². The molecule has 7 heteroatoms. The van der Waals surface area contributed by atoms with Crippen molar-refractivity contribution in [3.05, 3.63) is 52.1 Å². The van der Waals surface area contributed by atoms with E-state index in [2.05, 4.69) is 5.32 Å². The van der Waals surface area contributed by atoms with Crippen molar-refractivity contribution in [2.24, 2.45) is 0 Å². The molecule has 0 saturated heterocycles. The van der Waals surface area contributed by atoms with Crippen molar-refractivity contribution in [2.45, 2.75) is 13.0 Å². The lowest BCUT2D eigenvalue weighted by Crippen LogP contribution is -2.19. The molecule has 2 heterocycles. The maximum absolute atomic E-state index is 12.2. The number of anilines is 1. The van der Waals surface area contributed by atoms with Gasteiger partial charge in [0, 0.05) is 24.7 Å². The zero-order valence-corrected chi connectivity index (χ0v) is 13.5. The lowest BCUT2D eigenvalue weighted by atomic mass is 10.2. The predicted molar refractivity (Wildman–Crippen MR) is 91.9 cm³/mol. The largest absolute Gasteiger partial charge is 0.454 e. The van der Waals surface area contributed by atoms with Crippen molar-refractivity contribution >= 4 is 33.1 Å². The number of nitrogens with one attached hydrogen (secondary N) is 1. The van der Waals surface area contributed by atoms with E-state index in [1.165, 1.54) is 11.3 Å². The van der Waals surface area contributed by atoms with Crippen molar-refractivity contribution in [1.29, 1.82) is 0 Å². The number of aryl methyl sites for hydroxylation is 1. The smallest absolute Gasteiger partial charge is 0.308 e. The van der Waals surface area contributed by atoms with Crippen LogP contribution in [0.2, 0.25) is 0 Å². The number of hydrogen-bond donors (Lipinski definition) is 1. The van der Waals surface area contributed by atoms with Gasteiger partial charge in [-0.2, -0.15) is 0 Å². The maximum atomic E-state index is 12.2. The fourth-order valence-electron chi connectivity index (χ4n) is 2.64. The molecule has 1 aromatic heterocycles. The molecule has 122 valence electrons. The first kappa shape index (κ1) is 14.8. The second-order valence-electron chi connectivity index (χ2n) is 5.35. The summed E-state index contributed by atoms with van der Waals surface area (Å²) in [7, 11) is 0. The highest BCUT2D eigenvalue weighted by molar-refractivity contribution is 7.16. The molecular formula is C17H14N2O4S. The minimum absolute atomic E-state index is 0.0490. The van der Waals surface area contributed by atoms with Crippen LogP contribution in [0.5, 0.6) is 11.5 Å². The summed E-state index contributed by atoms with van der Waals surface area (Å²) in [6.45, 7) is 0.542. The van der Waals surface area contributed by atoms with Crippen molar-refractivity contribution in [3.63, 3.8) is 0 Å². The van der Waals surface area contributed by atoms with Crippen LogP contribution in [0, 0.1) is 0 Å². The summed E-state index contributed by atoms with van der Waals surface area (Å²) in [5.74, 6) is 1.13. The summed E-state index contributed by atoms with van der Waals surface area (Å²) in [6.07, 6.45) is 0.217. The Morgan fingerprint density at radius 1 is 1.17 bits per heavy atom. The Kier molecular flexibility index (Phi) is 3.70. The van der Waals surface area contributed by atoms with Crippen LogP contribution < -0.4 is 19.7 Å². The number of benzene rings is 2. The molecule has 1 amide bonds. The number of fused-ring (bicyclic) bond motifs is 2. The number of para-hydroxylation sites is 1. The van der Waals surface area contributed by atoms with Gasteiger partial charge in [-0.25, -0.2) is 0 Å². The molecule has 0 atom stereocenters. The average molecular weight is 342 g/mol. The highest BCUT2D eigenvalue weighted by atomic mass is 32.1. The molecular weight excluding hydrogens is 328 g/mol. The van der Waals surface area contributed by atoms with E-state index in [0.717, 1.165) is 10.2 Å². The van der Waals surface area contributed by atoms with Crippen LogP contribution in [0.1, 0.15) is 6.42 Å². The summed E-state index contributed by atoms with van der Waals surface area (Å²) < 4.78 is 13.1. The van der Waals surface area contributed by atoms with Gasteiger partial charge >= 0.3 is 4.87 Å². The van der Waals surface area contributed by atoms with E-state index in [0.29, 0.717) is 23.7 Å². The summed E-state index contributed by atoms with van der Waals surface area (Å²) in [5, 5.41) is 2.82. The van der Waals surface area contributed by atoms with Gasteiger partial charge in [0.1, 0.15) is 0 Å². The topological polar surface area (TPSA) is 69.6 Å². The second kappa shape index (κ2) is 6.01. The van der Waals surface area contributed by atoms with Crippen LogP contribution in [0.25, 0.3) is 10.2 Å². The molecule has 0 radical (unpaired) electrons. The van der Waals surface area contributed by atoms with Crippen LogP contribution in [0.3, 0.4) is 0 Å². The van der Waals surface area contributed by atoms with E-state index < -0.39 is 0 Å². The van der Waals surface area contributed by atoms with Crippen LogP contribution in [0.15, 0.2) is 47.3 Å². The van der Waals surface area contributed by atoms with Crippen molar-refractivity contribution in [1.82, 2.24) is 4.57 Å². The normalized spacial score (nSPS) is 12.5. The van der Waals surface area contributed by atoms with Crippen LogP contribution in [-0.4, -0.2) is 17.3 Å². The number of carbonyl (C=O) groups excluding carboxylic acids is 1. The first-order valence-electron chi connectivity index (χ1n) is 7.48. The standard InChI is InChI=1S/C17H14N2O4S/c20-16(18-11-5-6-13-14(9-11)23-10-22-13)7-8-19-12-3-1-2-4-15(12)24-17(19)21/h1-6,9H,7-8,10H2,(H,18,20). The van der Waals surface area contributed by atoms with Crippen LogP contribution in [0.4, 0.5) is 5.69 Å². The third kappa shape index (κ3) is 2.74. The van der Waals surface area contributed by atoms with Gasteiger partial charge in [0.25, 0.3) is 0 Å².